The highest BCUT2D eigenvalue weighted by Gasteiger charge is 2.75. The van der Waals surface area contributed by atoms with Gasteiger partial charge in [-0.05, 0) is 81.8 Å². The Morgan fingerprint density at radius 1 is 0.982 bits per heavy atom. The van der Waals surface area contributed by atoms with E-state index in [2.05, 4.69) is 37.2 Å². The van der Waals surface area contributed by atoms with E-state index in [9.17, 15) is 14.7 Å². The van der Waals surface area contributed by atoms with Gasteiger partial charge in [0.25, 0.3) is 5.91 Å². The minimum atomic E-state index is -1.35. The van der Waals surface area contributed by atoms with E-state index in [1.54, 1.807) is 24.0 Å². The van der Waals surface area contributed by atoms with Crippen molar-refractivity contribution in [3.63, 3.8) is 0 Å². The third-order valence-corrected chi connectivity index (χ3v) is 11.8. The number of ether oxygens (including phenoxy) is 2. The second kappa shape index (κ2) is 18.3. The zero-order valence-corrected chi connectivity index (χ0v) is 33.3. The number of allylic oxidation sites excluding steroid dienone is 1. The Hall–Kier alpha value is -5.26. The van der Waals surface area contributed by atoms with E-state index in [-0.39, 0.29) is 31.2 Å². The van der Waals surface area contributed by atoms with Gasteiger partial charge in [-0.1, -0.05) is 72.8 Å². The fourth-order valence-corrected chi connectivity index (χ4v) is 9.14. The van der Waals surface area contributed by atoms with Crippen LogP contribution in [-0.4, -0.2) is 89.8 Å². The van der Waals surface area contributed by atoms with Gasteiger partial charge in [0.05, 0.1) is 36.6 Å². The third kappa shape index (κ3) is 8.27. The fraction of sp³-hybridized carbons (Fsp3) is 0.435. The molecular weight excluding hydrogens is 721 g/mol. The van der Waals surface area contributed by atoms with E-state index in [1.165, 1.54) is 4.90 Å². The minimum Gasteiger partial charge on any atom is -0.455 e. The summed E-state index contributed by atoms with van der Waals surface area (Å²) < 4.78 is 13.1. The topological polar surface area (TPSA) is 129 Å². The van der Waals surface area contributed by atoms with Crippen LogP contribution in [0.2, 0.25) is 0 Å². The van der Waals surface area contributed by atoms with Crippen molar-refractivity contribution >= 4 is 35.1 Å². The Labute approximate surface area is 336 Å². The molecule has 11 nitrogen and oxygen atoms in total. The van der Waals surface area contributed by atoms with E-state index in [4.69, 9.17) is 9.47 Å². The summed E-state index contributed by atoms with van der Waals surface area (Å²) in [5, 5.41) is 13.9. The van der Waals surface area contributed by atoms with Crippen molar-refractivity contribution in [2.24, 2.45) is 11.8 Å². The molecule has 3 fully saturated rings. The van der Waals surface area contributed by atoms with Crippen molar-refractivity contribution in [2.75, 3.05) is 36.0 Å². The number of hydrogen-bond acceptors (Lipinski definition) is 8. The van der Waals surface area contributed by atoms with Crippen LogP contribution >= 0.6 is 0 Å². The highest BCUT2D eigenvalue weighted by molar-refractivity contribution is 6.05. The maximum absolute atomic E-state index is 15.3. The van der Waals surface area contributed by atoms with Crippen LogP contribution in [0.5, 0.6) is 0 Å². The predicted molar refractivity (Wildman–Crippen MR) is 220 cm³/mol. The van der Waals surface area contributed by atoms with Gasteiger partial charge in [-0.2, -0.15) is 0 Å². The van der Waals surface area contributed by atoms with Gasteiger partial charge in [-0.25, -0.2) is 0 Å². The van der Waals surface area contributed by atoms with Crippen LogP contribution in [0.1, 0.15) is 63.7 Å². The molecule has 302 valence electrons. The first kappa shape index (κ1) is 41.4. The Morgan fingerprint density at radius 3 is 2.25 bits per heavy atom. The molecule has 0 saturated carbocycles. The summed E-state index contributed by atoms with van der Waals surface area (Å²) in [6.45, 7) is 15.0. The van der Waals surface area contributed by atoms with E-state index < -0.39 is 66.3 Å². The lowest BCUT2D eigenvalue weighted by Crippen LogP contribution is -2.59. The molecule has 3 aliphatic rings. The summed E-state index contributed by atoms with van der Waals surface area (Å²) in [4.78, 5) is 63.1. The van der Waals surface area contributed by atoms with Crippen LogP contribution in [0.3, 0.4) is 0 Å². The Bertz CT molecular complexity index is 1890. The van der Waals surface area contributed by atoms with E-state index >= 15 is 9.59 Å². The number of anilines is 2. The van der Waals surface area contributed by atoms with Crippen LogP contribution in [0.4, 0.5) is 11.4 Å². The molecule has 3 heterocycles. The molecule has 3 aromatic carbocycles. The third-order valence-electron chi connectivity index (χ3n) is 11.8. The molecule has 3 saturated heterocycles. The molecule has 0 aromatic heterocycles. The van der Waals surface area contributed by atoms with E-state index in [0.29, 0.717) is 30.5 Å². The summed E-state index contributed by atoms with van der Waals surface area (Å²) in [6.07, 6.45) is 3.62. The Kier molecular flexibility index (Phi) is 13.3. The summed E-state index contributed by atoms with van der Waals surface area (Å²) in [5.41, 5.74) is 1.87. The second-order valence-electron chi connectivity index (χ2n) is 15.2. The lowest BCUT2D eigenvalue weighted by molar-refractivity contribution is -0.162. The van der Waals surface area contributed by atoms with Crippen molar-refractivity contribution in [3.8, 4) is 0 Å². The van der Waals surface area contributed by atoms with Crippen LogP contribution < -0.4 is 15.1 Å². The number of amides is 3. The van der Waals surface area contributed by atoms with Gasteiger partial charge in [-0.15, -0.1) is 13.2 Å². The van der Waals surface area contributed by atoms with Gasteiger partial charge in [0.1, 0.15) is 17.7 Å². The SMILES string of the molecule is C=CCCC(=O)N[C@H](C)[C@@H](OC(=O)[C@@H]1[C@H]2C(=O)N([C@@H](CO)Cc3ccccc3)[C@H](C(=O)N(CC=C)c3ccc(N(CC)CC)cc3)[C@]23CC[C@H]1O3)c1ccccc1. The normalized spacial score (nSPS) is 23.6. The van der Waals surface area contributed by atoms with Gasteiger partial charge < -0.3 is 34.6 Å². The average Bonchev–Trinajstić information content (AvgIpc) is 3.88. The number of esters is 1. The highest BCUT2D eigenvalue weighted by Crippen LogP contribution is 2.59. The maximum atomic E-state index is 15.3. The Morgan fingerprint density at radius 2 is 1.63 bits per heavy atom. The molecule has 3 amide bonds. The van der Waals surface area contributed by atoms with Crippen LogP contribution in [-0.2, 0) is 35.1 Å². The van der Waals surface area contributed by atoms with E-state index in [0.717, 1.165) is 24.3 Å². The molecule has 3 aliphatic heterocycles. The number of nitrogens with one attached hydrogen (secondary N) is 1. The average molecular weight is 777 g/mol. The number of fused-ring (bicyclic) bond motifs is 1. The molecule has 6 rings (SSSR count). The number of hydrogen-bond donors (Lipinski definition) is 2. The molecule has 0 radical (unpaired) electrons. The predicted octanol–water partition coefficient (Wildman–Crippen LogP) is 5.79. The molecule has 0 aliphatic carbocycles. The van der Waals surface area contributed by atoms with Crippen LogP contribution in [0.15, 0.2) is 110 Å². The smallest absolute Gasteiger partial charge is 0.313 e. The number of aliphatic hydroxyl groups is 1. The number of rotatable bonds is 19. The van der Waals surface area contributed by atoms with Crippen LogP contribution in [0.25, 0.3) is 0 Å². The van der Waals surface area contributed by atoms with Crippen molar-refractivity contribution in [1.82, 2.24) is 10.2 Å². The number of benzene rings is 3. The molecule has 2 N–H and O–H groups in total. The summed E-state index contributed by atoms with van der Waals surface area (Å²) in [7, 11) is 0. The standard InChI is InChI=1S/C46H56N4O7/c1-6-10-21-38(52)47-31(5)41(33-19-15-12-16-20-33)56-45(55)39-37-26-27-46(57-37)40(39)43(53)50(36(30-51)29-32-17-13-11-14-18-32)42(46)44(54)49(28-7-2)35-24-22-34(23-25-35)48(8-3)9-4/h6-7,11-20,22-25,31,36-37,39-42,51H,1-2,8-10,21,26-30H2,3-5H3,(H,47,52)/t31-,36-,37-,39+,40+,41-,42-,46+/m1/s1. The van der Waals surface area contributed by atoms with Gasteiger partial charge in [-0.3, -0.25) is 19.2 Å². The highest BCUT2D eigenvalue weighted by atomic mass is 16.6. The lowest BCUT2D eigenvalue weighted by Gasteiger charge is -2.39. The zero-order valence-electron chi connectivity index (χ0n) is 33.3. The second-order valence-corrected chi connectivity index (χ2v) is 15.2. The minimum absolute atomic E-state index is 0.162. The maximum Gasteiger partial charge on any atom is 0.313 e. The van der Waals surface area contributed by atoms with Gasteiger partial charge >= 0.3 is 5.97 Å². The largest absolute Gasteiger partial charge is 0.455 e. The van der Waals surface area contributed by atoms with E-state index in [1.807, 2.05) is 84.9 Å². The molecule has 2 bridgehead atoms. The van der Waals surface area contributed by atoms with Crippen molar-refractivity contribution in [3.05, 3.63) is 121 Å². The first-order valence-corrected chi connectivity index (χ1v) is 20.2. The monoisotopic (exact) mass is 776 g/mol. The number of aliphatic hydroxyl groups excluding tert-OH is 1. The zero-order chi connectivity index (χ0) is 40.7. The van der Waals surface area contributed by atoms with Crippen molar-refractivity contribution < 1.29 is 33.8 Å². The number of carbonyl (C=O) groups is 4. The number of carbonyl (C=O) groups excluding carboxylic acids is 4. The number of likely N-dealkylation sites (tertiary alicyclic amines) is 1. The molecular formula is C46H56N4O7. The first-order valence-electron chi connectivity index (χ1n) is 20.2. The van der Waals surface area contributed by atoms with Crippen molar-refractivity contribution in [2.45, 2.75) is 88.8 Å². The van der Waals surface area contributed by atoms with Gasteiger partial charge in [0.15, 0.2) is 0 Å². The molecule has 8 atom stereocenters. The Balaban J connectivity index is 1.37. The molecule has 57 heavy (non-hydrogen) atoms. The van der Waals surface area contributed by atoms with Gasteiger partial charge in [0, 0.05) is 37.4 Å². The molecule has 11 heteroatoms. The summed E-state index contributed by atoms with van der Waals surface area (Å²) in [5.74, 6) is -3.69. The fourth-order valence-electron chi connectivity index (χ4n) is 9.14. The summed E-state index contributed by atoms with van der Waals surface area (Å²) >= 11 is 0. The summed E-state index contributed by atoms with van der Waals surface area (Å²) in [6, 6.07) is 23.9. The quantitative estimate of drug-likeness (QED) is 0.116. The van der Waals surface area contributed by atoms with Crippen molar-refractivity contribution in [1.29, 1.82) is 0 Å². The lowest BCUT2D eigenvalue weighted by atomic mass is 9.70. The van der Waals surface area contributed by atoms with Gasteiger partial charge in [0.2, 0.25) is 11.8 Å². The first-order chi connectivity index (χ1) is 27.6. The number of nitrogens with zero attached hydrogens (tertiary/aromatic N) is 3. The molecule has 3 aromatic rings. The molecule has 0 unspecified atom stereocenters. The molecule has 1 spiro atoms. The van der Waals surface area contributed by atoms with Crippen LogP contribution in [0, 0.1) is 11.8 Å².